The van der Waals surface area contributed by atoms with Crippen molar-refractivity contribution >= 4 is 68.6 Å². The quantitative estimate of drug-likeness (QED) is 0.134. The minimum absolute atomic E-state index is 0.173. The predicted octanol–water partition coefficient (Wildman–Crippen LogP) is 6.19. The highest BCUT2D eigenvalue weighted by Gasteiger charge is 2.26. The van der Waals surface area contributed by atoms with Gasteiger partial charge in [0.05, 0.1) is 36.7 Å². The summed E-state index contributed by atoms with van der Waals surface area (Å²) in [6.45, 7) is 2.04. The fourth-order valence-electron chi connectivity index (χ4n) is 3.24. The van der Waals surface area contributed by atoms with Crippen LogP contribution >= 0.6 is 34.4 Å². The number of hydrogen-bond donors (Lipinski definition) is 1. The largest absolute Gasteiger partial charge is 0.490 e. The molecule has 4 rings (SSSR count). The molecular weight excluding hydrogens is 615 g/mol. The summed E-state index contributed by atoms with van der Waals surface area (Å²) in [6.07, 6.45) is 1.68. The summed E-state index contributed by atoms with van der Waals surface area (Å²) in [6, 6.07) is 15.7. The number of benzene rings is 3. The van der Waals surface area contributed by atoms with Gasteiger partial charge in [0.25, 0.3) is 11.6 Å². The molecule has 0 spiro atoms. The lowest BCUT2D eigenvalue weighted by atomic mass is 10.1. The molecule has 0 atom stereocenters. The third-order valence-electron chi connectivity index (χ3n) is 4.83. The van der Waals surface area contributed by atoms with E-state index in [9.17, 15) is 25.0 Å². The maximum Gasteiger partial charge on any atom is 0.318 e. The van der Waals surface area contributed by atoms with Crippen molar-refractivity contribution in [2.24, 2.45) is 4.99 Å². The molecule has 13 heteroatoms. The summed E-state index contributed by atoms with van der Waals surface area (Å²) in [5.74, 6) is 0.0226. The molecular formula is C24H17IN4O7S. The van der Waals surface area contributed by atoms with Gasteiger partial charge in [-0.2, -0.15) is 0 Å². The Morgan fingerprint density at radius 2 is 1.81 bits per heavy atom. The number of aliphatic imine (C=N–C) groups is 1. The van der Waals surface area contributed by atoms with Crippen LogP contribution in [0.15, 0.2) is 70.6 Å². The van der Waals surface area contributed by atoms with Crippen molar-refractivity contribution in [2.75, 3.05) is 6.61 Å². The fraction of sp³-hybridized carbons (Fsp3) is 0.0833. The van der Waals surface area contributed by atoms with Gasteiger partial charge in [-0.1, -0.05) is 18.2 Å². The number of carbonyl (C=O) groups is 1. The number of carbonyl (C=O) groups excluding carboxylic acids is 1. The van der Waals surface area contributed by atoms with Crippen molar-refractivity contribution in [3.8, 4) is 17.2 Å². The summed E-state index contributed by atoms with van der Waals surface area (Å²) in [7, 11) is 0. The van der Waals surface area contributed by atoms with Crippen molar-refractivity contribution in [3.05, 3.63) is 94.9 Å². The van der Waals surface area contributed by atoms with E-state index in [0.717, 1.165) is 12.1 Å². The van der Waals surface area contributed by atoms with Gasteiger partial charge in [-0.15, -0.1) is 0 Å². The van der Waals surface area contributed by atoms with Gasteiger partial charge < -0.3 is 14.8 Å². The second-order valence-corrected chi connectivity index (χ2v) is 9.54. The molecule has 3 aromatic rings. The van der Waals surface area contributed by atoms with Gasteiger partial charge >= 0.3 is 5.69 Å². The summed E-state index contributed by atoms with van der Waals surface area (Å²) < 4.78 is 12.1. The average molecular weight is 632 g/mol. The molecule has 0 aliphatic carbocycles. The first-order valence-corrected chi connectivity index (χ1v) is 12.6. The molecule has 188 valence electrons. The summed E-state index contributed by atoms with van der Waals surface area (Å²) >= 11 is 3.19. The van der Waals surface area contributed by atoms with E-state index in [2.05, 4.69) is 10.3 Å². The molecule has 3 aromatic carbocycles. The first-order valence-electron chi connectivity index (χ1n) is 10.7. The lowest BCUT2D eigenvalue weighted by Gasteiger charge is -2.14. The number of thioether (sulfide) groups is 1. The number of nitrogens with one attached hydrogen (secondary N) is 1. The normalized spacial score (nSPS) is 15.0. The van der Waals surface area contributed by atoms with E-state index < -0.39 is 21.2 Å². The minimum Gasteiger partial charge on any atom is -0.490 e. The molecule has 0 bridgehead atoms. The Hall–Kier alpha value is -3.98. The second kappa shape index (κ2) is 11.4. The molecule has 1 amide bonds. The Morgan fingerprint density at radius 3 is 2.49 bits per heavy atom. The van der Waals surface area contributed by atoms with Gasteiger partial charge in [-0.05, 0) is 83.2 Å². The number of nitro benzene ring substituents is 2. The van der Waals surface area contributed by atoms with Crippen LogP contribution in [-0.2, 0) is 4.79 Å². The van der Waals surface area contributed by atoms with E-state index in [0.29, 0.717) is 24.9 Å². The highest BCUT2D eigenvalue weighted by molar-refractivity contribution is 14.1. The first-order chi connectivity index (χ1) is 17.7. The number of halogens is 1. The molecule has 0 radical (unpaired) electrons. The number of non-ortho nitro benzene ring substituents is 1. The Morgan fingerprint density at radius 1 is 1.05 bits per heavy atom. The van der Waals surface area contributed by atoms with Crippen LogP contribution in [-0.4, -0.2) is 27.5 Å². The smallest absolute Gasteiger partial charge is 0.318 e. The molecule has 1 aliphatic heterocycles. The number of nitro groups is 2. The van der Waals surface area contributed by atoms with Crippen LogP contribution in [0.25, 0.3) is 6.08 Å². The van der Waals surface area contributed by atoms with Crippen molar-refractivity contribution in [3.63, 3.8) is 0 Å². The second-order valence-electron chi connectivity index (χ2n) is 7.35. The molecule has 1 aliphatic rings. The number of hydrogen-bond acceptors (Lipinski definition) is 9. The van der Waals surface area contributed by atoms with Gasteiger partial charge in [0.1, 0.15) is 0 Å². The average Bonchev–Trinajstić information content (AvgIpc) is 3.20. The molecule has 1 N–H and O–H groups in total. The van der Waals surface area contributed by atoms with Crippen molar-refractivity contribution < 1.29 is 24.1 Å². The topological polar surface area (TPSA) is 146 Å². The van der Waals surface area contributed by atoms with Crippen LogP contribution < -0.4 is 14.8 Å². The van der Waals surface area contributed by atoms with Gasteiger partial charge in [0.15, 0.2) is 16.7 Å². The first kappa shape index (κ1) is 26.1. The van der Waals surface area contributed by atoms with Gasteiger partial charge in [0, 0.05) is 6.07 Å². The molecule has 37 heavy (non-hydrogen) atoms. The Bertz CT molecular complexity index is 1460. The van der Waals surface area contributed by atoms with Crippen molar-refractivity contribution in [2.45, 2.75) is 6.92 Å². The zero-order valence-electron chi connectivity index (χ0n) is 19.0. The number of amidine groups is 1. The number of ether oxygens (including phenoxy) is 2. The minimum atomic E-state index is -0.751. The van der Waals surface area contributed by atoms with Gasteiger partial charge in [0.2, 0.25) is 5.75 Å². The third-order valence-corrected chi connectivity index (χ3v) is 6.54. The lowest BCUT2D eigenvalue weighted by Crippen LogP contribution is -2.19. The van der Waals surface area contributed by atoms with E-state index in [1.165, 1.54) is 17.8 Å². The molecule has 0 unspecified atom stereocenters. The van der Waals surface area contributed by atoms with Gasteiger partial charge in [-0.25, -0.2) is 4.99 Å². The number of para-hydroxylation sites is 1. The van der Waals surface area contributed by atoms with E-state index >= 15 is 0 Å². The third kappa shape index (κ3) is 6.24. The molecule has 0 saturated carbocycles. The molecule has 11 nitrogen and oxygen atoms in total. The maximum absolute atomic E-state index is 12.5. The standard InChI is InChI=1S/C24H17IN4O7S/c1-2-35-20-11-14(12-21-23(30)27-24(37-21)26-15-6-4-3-5-7-15)10-17(25)22(20)36-19-9-8-16(28(31)32)13-18(19)29(33)34/h3-13H,2H2,1H3,(H,26,27,30)/b21-12-. The monoisotopic (exact) mass is 632 g/mol. The fourth-order valence-corrected chi connectivity index (χ4v) is 4.82. The van der Waals surface area contributed by atoms with Crippen LogP contribution in [0, 0.1) is 23.8 Å². The van der Waals surface area contributed by atoms with E-state index in [1.807, 2.05) is 52.9 Å². The molecule has 1 heterocycles. The van der Waals surface area contributed by atoms with E-state index in [4.69, 9.17) is 9.47 Å². The SMILES string of the molecule is CCOc1cc(/C=C2\SC(=Nc3ccccc3)NC2=O)cc(I)c1Oc1ccc([N+](=O)[O-])cc1[N+](=O)[O-]. The molecule has 0 aromatic heterocycles. The van der Waals surface area contributed by atoms with E-state index in [-0.39, 0.29) is 29.8 Å². The number of amides is 1. The van der Waals surface area contributed by atoms with Crippen LogP contribution in [0.3, 0.4) is 0 Å². The zero-order valence-corrected chi connectivity index (χ0v) is 22.0. The van der Waals surface area contributed by atoms with Crippen LogP contribution in [0.5, 0.6) is 17.2 Å². The Labute approximate surface area is 228 Å². The van der Waals surface area contributed by atoms with Crippen LogP contribution in [0.4, 0.5) is 17.1 Å². The Balaban J connectivity index is 1.66. The maximum atomic E-state index is 12.5. The van der Waals surface area contributed by atoms with Crippen LogP contribution in [0.1, 0.15) is 12.5 Å². The van der Waals surface area contributed by atoms with Crippen molar-refractivity contribution in [1.82, 2.24) is 5.32 Å². The zero-order chi connectivity index (χ0) is 26.5. The number of rotatable bonds is 8. The summed E-state index contributed by atoms with van der Waals surface area (Å²) in [5, 5.41) is 25.7. The molecule has 1 fully saturated rings. The predicted molar refractivity (Wildman–Crippen MR) is 147 cm³/mol. The number of nitrogens with zero attached hydrogens (tertiary/aromatic N) is 3. The summed E-state index contributed by atoms with van der Waals surface area (Å²) in [5.41, 5.74) is 0.366. The van der Waals surface area contributed by atoms with Crippen molar-refractivity contribution in [1.29, 1.82) is 0 Å². The van der Waals surface area contributed by atoms with Crippen LogP contribution in [0.2, 0.25) is 0 Å². The highest BCUT2D eigenvalue weighted by atomic mass is 127. The Kier molecular flexibility index (Phi) is 8.03. The highest BCUT2D eigenvalue weighted by Crippen LogP contribution is 2.42. The summed E-state index contributed by atoms with van der Waals surface area (Å²) in [4.78, 5) is 38.4. The molecule has 1 saturated heterocycles. The lowest BCUT2D eigenvalue weighted by molar-refractivity contribution is -0.394. The van der Waals surface area contributed by atoms with Gasteiger partial charge in [-0.3, -0.25) is 25.0 Å². The van der Waals surface area contributed by atoms with E-state index in [1.54, 1.807) is 25.1 Å².